The SMILES string of the molecule is CCCc1ncc(-c2cccc(N(CC34CCC(c5nc(C6CC6)no5)(CC3)CC4)C(=O)C3CCCOC3)c2)o1. The summed E-state index contributed by atoms with van der Waals surface area (Å²) in [4.78, 5) is 25.5. The monoisotopic (exact) mass is 544 g/mol. The van der Waals surface area contributed by atoms with Gasteiger partial charge in [0.25, 0.3) is 0 Å². The molecule has 8 rings (SSSR count). The fraction of sp³-hybridized carbons (Fsp3) is 0.625. The van der Waals surface area contributed by atoms with Crippen molar-refractivity contribution in [3.63, 3.8) is 0 Å². The van der Waals surface area contributed by atoms with Crippen molar-refractivity contribution in [3.05, 3.63) is 48.1 Å². The fourth-order valence-corrected chi connectivity index (χ4v) is 7.17. The third-order valence-corrected chi connectivity index (χ3v) is 9.97. The molecule has 1 aromatic carbocycles. The molecule has 2 bridgehead atoms. The number of carbonyl (C=O) groups excluding carboxylic acids is 1. The van der Waals surface area contributed by atoms with Crippen LogP contribution in [0.15, 0.2) is 39.4 Å². The Balaban J connectivity index is 1.14. The molecule has 1 saturated heterocycles. The Bertz CT molecular complexity index is 1330. The maximum absolute atomic E-state index is 14.1. The van der Waals surface area contributed by atoms with Gasteiger partial charge >= 0.3 is 0 Å². The quantitative estimate of drug-likeness (QED) is 0.299. The van der Waals surface area contributed by atoms with Crippen molar-refractivity contribution in [2.24, 2.45) is 11.3 Å². The first-order valence-corrected chi connectivity index (χ1v) is 15.3. The average molecular weight is 545 g/mol. The van der Waals surface area contributed by atoms with Crippen molar-refractivity contribution in [1.29, 1.82) is 0 Å². The smallest absolute Gasteiger partial charge is 0.232 e. The molecule has 5 fully saturated rings. The van der Waals surface area contributed by atoms with Gasteiger partial charge in [0.05, 0.1) is 18.7 Å². The number of amides is 1. The van der Waals surface area contributed by atoms with Crippen LogP contribution in [0.5, 0.6) is 0 Å². The summed E-state index contributed by atoms with van der Waals surface area (Å²) in [7, 11) is 0. The van der Waals surface area contributed by atoms with E-state index in [1.807, 2.05) is 12.1 Å². The Labute approximate surface area is 235 Å². The number of benzene rings is 1. The van der Waals surface area contributed by atoms with Crippen LogP contribution in [0.4, 0.5) is 5.69 Å². The largest absolute Gasteiger partial charge is 0.441 e. The maximum atomic E-state index is 14.1. The molecule has 3 heterocycles. The van der Waals surface area contributed by atoms with E-state index in [1.165, 1.54) is 12.8 Å². The summed E-state index contributed by atoms with van der Waals surface area (Å²) in [5.74, 6) is 3.87. The number of aromatic nitrogens is 3. The van der Waals surface area contributed by atoms with E-state index >= 15 is 0 Å². The molecule has 1 amide bonds. The van der Waals surface area contributed by atoms with Gasteiger partial charge in [0.2, 0.25) is 11.8 Å². The number of oxazole rings is 1. The minimum Gasteiger partial charge on any atom is -0.441 e. The van der Waals surface area contributed by atoms with E-state index in [0.717, 1.165) is 112 Å². The normalized spacial score (nSPS) is 28.1. The Morgan fingerprint density at radius 1 is 1.10 bits per heavy atom. The van der Waals surface area contributed by atoms with Gasteiger partial charge in [-0.1, -0.05) is 24.2 Å². The van der Waals surface area contributed by atoms with Gasteiger partial charge in [0, 0.05) is 42.2 Å². The van der Waals surface area contributed by atoms with E-state index < -0.39 is 0 Å². The van der Waals surface area contributed by atoms with Gasteiger partial charge < -0.3 is 18.6 Å². The lowest BCUT2D eigenvalue weighted by Crippen LogP contribution is -2.52. The molecule has 5 aliphatic rings. The van der Waals surface area contributed by atoms with Gasteiger partial charge in [-0.3, -0.25) is 4.79 Å². The molecule has 0 N–H and O–H groups in total. The summed E-state index contributed by atoms with van der Waals surface area (Å²) in [6.45, 7) is 4.11. The van der Waals surface area contributed by atoms with Crippen LogP contribution in [-0.4, -0.2) is 40.8 Å². The molecule has 0 spiro atoms. The van der Waals surface area contributed by atoms with Crippen LogP contribution < -0.4 is 4.90 Å². The highest BCUT2D eigenvalue weighted by Crippen LogP contribution is 2.58. The maximum Gasteiger partial charge on any atom is 0.232 e. The molecule has 4 aliphatic carbocycles. The molecule has 1 atom stereocenters. The highest BCUT2D eigenvalue weighted by Gasteiger charge is 2.53. The molecule has 0 radical (unpaired) electrons. The van der Waals surface area contributed by atoms with Crippen molar-refractivity contribution in [1.82, 2.24) is 15.1 Å². The number of ether oxygens (including phenoxy) is 1. The second kappa shape index (κ2) is 10.4. The molecule has 212 valence electrons. The number of hydrogen-bond acceptors (Lipinski definition) is 7. The van der Waals surface area contributed by atoms with Crippen LogP contribution in [0.1, 0.15) is 101 Å². The van der Waals surface area contributed by atoms with Crippen molar-refractivity contribution in [2.75, 3.05) is 24.7 Å². The zero-order valence-corrected chi connectivity index (χ0v) is 23.6. The van der Waals surface area contributed by atoms with Crippen molar-refractivity contribution < 1.29 is 18.5 Å². The van der Waals surface area contributed by atoms with Crippen molar-refractivity contribution >= 4 is 11.6 Å². The zero-order chi connectivity index (χ0) is 27.2. The highest BCUT2D eigenvalue weighted by molar-refractivity contribution is 5.96. The predicted molar refractivity (Wildman–Crippen MR) is 150 cm³/mol. The van der Waals surface area contributed by atoms with E-state index in [0.29, 0.717) is 12.5 Å². The van der Waals surface area contributed by atoms with E-state index in [2.05, 4.69) is 34.1 Å². The van der Waals surface area contributed by atoms with Crippen molar-refractivity contribution in [3.8, 4) is 11.3 Å². The molecular weight excluding hydrogens is 504 g/mol. The van der Waals surface area contributed by atoms with Gasteiger partial charge in [-0.15, -0.1) is 0 Å². The van der Waals surface area contributed by atoms with Gasteiger partial charge in [-0.25, -0.2) is 4.98 Å². The summed E-state index contributed by atoms with van der Waals surface area (Å²) in [6, 6.07) is 8.24. The third-order valence-electron chi connectivity index (χ3n) is 9.97. The molecule has 3 aromatic rings. The van der Waals surface area contributed by atoms with Gasteiger partial charge in [-0.2, -0.15) is 4.98 Å². The van der Waals surface area contributed by atoms with E-state index in [-0.39, 0.29) is 22.7 Å². The number of hydrogen-bond donors (Lipinski definition) is 0. The second-order valence-corrected chi connectivity index (χ2v) is 12.8. The number of aryl methyl sites for hydroxylation is 1. The summed E-state index contributed by atoms with van der Waals surface area (Å²) in [6.07, 6.45) is 14.2. The van der Waals surface area contributed by atoms with Gasteiger partial charge in [-0.05, 0) is 88.2 Å². The number of anilines is 1. The summed E-state index contributed by atoms with van der Waals surface area (Å²) in [5, 5.41) is 4.33. The molecule has 2 aromatic heterocycles. The van der Waals surface area contributed by atoms with Crippen LogP contribution in [0, 0.1) is 11.3 Å². The molecule has 8 heteroatoms. The number of nitrogens with zero attached hydrogens (tertiary/aromatic N) is 4. The average Bonchev–Trinajstić information content (AvgIpc) is 3.53. The Morgan fingerprint density at radius 2 is 1.93 bits per heavy atom. The summed E-state index contributed by atoms with van der Waals surface area (Å²) < 4.78 is 17.6. The lowest BCUT2D eigenvalue weighted by Gasteiger charge is -2.53. The lowest BCUT2D eigenvalue weighted by molar-refractivity contribution is -0.127. The minimum atomic E-state index is -0.0965. The summed E-state index contributed by atoms with van der Waals surface area (Å²) >= 11 is 0. The van der Waals surface area contributed by atoms with E-state index in [4.69, 9.17) is 18.7 Å². The third kappa shape index (κ3) is 4.89. The number of carbonyl (C=O) groups is 1. The van der Waals surface area contributed by atoms with Crippen LogP contribution in [-0.2, 0) is 21.4 Å². The zero-order valence-electron chi connectivity index (χ0n) is 23.6. The molecule has 40 heavy (non-hydrogen) atoms. The number of rotatable bonds is 9. The number of fused-ring (bicyclic) bond motifs is 3. The highest BCUT2D eigenvalue weighted by atomic mass is 16.5. The van der Waals surface area contributed by atoms with Crippen LogP contribution in [0.2, 0.25) is 0 Å². The summed E-state index contributed by atoms with van der Waals surface area (Å²) in [5.41, 5.74) is 2.00. The Hall–Kier alpha value is -3.00. The second-order valence-electron chi connectivity index (χ2n) is 12.8. The molecule has 4 saturated carbocycles. The molecular formula is C32H40N4O4. The molecule has 1 aliphatic heterocycles. The van der Waals surface area contributed by atoms with Crippen LogP contribution in [0.25, 0.3) is 11.3 Å². The topological polar surface area (TPSA) is 94.5 Å². The van der Waals surface area contributed by atoms with Crippen LogP contribution in [0.3, 0.4) is 0 Å². The molecule has 8 nitrogen and oxygen atoms in total. The Morgan fingerprint density at radius 3 is 2.65 bits per heavy atom. The fourth-order valence-electron chi connectivity index (χ4n) is 7.17. The molecule has 1 unspecified atom stereocenters. The lowest BCUT2D eigenvalue weighted by atomic mass is 9.53. The van der Waals surface area contributed by atoms with Gasteiger partial charge in [0.15, 0.2) is 17.5 Å². The standard InChI is InChI=1S/C32H40N4O4/c1-2-5-27-33-19-26(39-27)23-6-3-8-25(18-23)36(29(37)24-7-4-17-38-20-24)21-31-11-14-32(15-12-31,16-13-31)30-34-28(35-40-30)22-9-10-22/h3,6,8,18-19,22,24H,2,4-5,7,9-17,20-21H2,1H3. The minimum absolute atomic E-state index is 0.0103. The van der Waals surface area contributed by atoms with Crippen LogP contribution >= 0.6 is 0 Å². The first-order valence-electron chi connectivity index (χ1n) is 15.3. The predicted octanol–water partition coefficient (Wildman–Crippen LogP) is 6.61. The Kier molecular flexibility index (Phi) is 6.77. The first kappa shape index (κ1) is 25.9. The van der Waals surface area contributed by atoms with Crippen molar-refractivity contribution in [2.45, 2.75) is 95.3 Å². The van der Waals surface area contributed by atoms with E-state index in [1.54, 1.807) is 6.20 Å². The van der Waals surface area contributed by atoms with E-state index in [9.17, 15) is 4.79 Å². The first-order chi connectivity index (χ1) is 19.6. The van der Waals surface area contributed by atoms with Gasteiger partial charge in [0.1, 0.15) is 0 Å².